The number of benzene rings is 3. The monoisotopic (exact) mass is 421 g/mol. The van der Waals surface area contributed by atoms with Gasteiger partial charge in [0.2, 0.25) is 0 Å². The van der Waals surface area contributed by atoms with Crippen LogP contribution in [-0.4, -0.2) is 23.9 Å². The molecule has 0 aliphatic carbocycles. The Hall–Kier alpha value is -3.15. The minimum absolute atomic E-state index is 0.245. The van der Waals surface area contributed by atoms with Crippen LogP contribution in [0.5, 0.6) is 5.75 Å². The average Bonchev–Trinajstić information content (AvgIpc) is 2.96. The molecule has 0 bridgehead atoms. The lowest BCUT2D eigenvalue weighted by atomic mass is 9.88. The summed E-state index contributed by atoms with van der Waals surface area (Å²) >= 11 is 6.07. The van der Waals surface area contributed by atoms with Gasteiger partial charge in [0.15, 0.2) is 11.4 Å². The second-order valence-electron chi connectivity index (χ2n) is 7.23. The van der Waals surface area contributed by atoms with Gasteiger partial charge in [-0.25, -0.2) is 0 Å². The fraction of sp³-hybridized carbons (Fsp3) is 0.167. The fourth-order valence-corrected chi connectivity index (χ4v) is 3.98. The molecule has 1 N–H and O–H groups in total. The highest BCUT2D eigenvalue weighted by molar-refractivity contribution is 6.30. The maximum Gasteiger partial charge on any atom is 0.264 e. The molecule has 1 heterocycles. The molecule has 5 nitrogen and oxygen atoms in total. The molecule has 1 aliphatic heterocycles. The third-order valence-corrected chi connectivity index (χ3v) is 5.53. The molecule has 0 radical (unpaired) electrons. The predicted octanol–water partition coefficient (Wildman–Crippen LogP) is 4.36. The maximum atomic E-state index is 13.3. The number of carbonyl (C=O) groups is 2. The molecule has 30 heavy (non-hydrogen) atoms. The third kappa shape index (κ3) is 3.58. The number of ketones is 1. The molecular weight excluding hydrogens is 402 g/mol. The Morgan fingerprint density at radius 2 is 1.80 bits per heavy atom. The molecule has 4 rings (SSSR count). The van der Waals surface area contributed by atoms with E-state index < -0.39 is 11.5 Å². The summed E-state index contributed by atoms with van der Waals surface area (Å²) in [6.45, 7) is 0.245. The van der Waals surface area contributed by atoms with E-state index in [0.29, 0.717) is 27.6 Å². The quantitative estimate of drug-likeness (QED) is 0.601. The maximum absolute atomic E-state index is 13.3. The van der Waals surface area contributed by atoms with Crippen molar-refractivity contribution in [3.63, 3.8) is 0 Å². The van der Waals surface area contributed by atoms with Crippen molar-refractivity contribution in [1.29, 1.82) is 0 Å². The number of fused-ring (bicyclic) bond motifs is 1. The molecule has 152 valence electrons. The smallest absolute Gasteiger partial charge is 0.264 e. The van der Waals surface area contributed by atoms with Crippen LogP contribution in [0.1, 0.15) is 27.9 Å². The molecule has 0 spiro atoms. The number of ether oxygens (including phenoxy) is 1. The van der Waals surface area contributed by atoms with E-state index in [2.05, 4.69) is 0 Å². The van der Waals surface area contributed by atoms with E-state index in [1.807, 2.05) is 12.1 Å². The lowest BCUT2D eigenvalue weighted by Gasteiger charge is -2.23. The summed E-state index contributed by atoms with van der Waals surface area (Å²) in [5, 5.41) is 12.0. The summed E-state index contributed by atoms with van der Waals surface area (Å²) in [5.41, 5.74) is 0.331. The zero-order valence-electron chi connectivity index (χ0n) is 16.3. The Balaban J connectivity index is 1.65. The van der Waals surface area contributed by atoms with Gasteiger partial charge in [0.25, 0.3) is 5.91 Å². The van der Waals surface area contributed by atoms with Crippen molar-refractivity contribution in [2.45, 2.75) is 18.6 Å². The van der Waals surface area contributed by atoms with Crippen molar-refractivity contribution < 1.29 is 19.4 Å². The highest BCUT2D eigenvalue weighted by Gasteiger charge is 2.50. The number of amides is 1. The Morgan fingerprint density at radius 1 is 1.07 bits per heavy atom. The molecule has 0 aromatic heterocycles. The molecule has 3 aromatic rings. The zero-order chi connectivity index (χ0) is 21.3. The lowest BCUT2D eigenvalue weighted by molar-refractivity contribution is -0.136. The predicted molar refractivity (Wildman–Crippen MR) is 115 cm³/mol. The summed E-state index contributed by atoms with van der Waals surface area (Å²) < 4.78 is 5.11. The summed E-state index contributed by atoms with van der Waals surface area (Å²) in [6.07, 6.45) is -0.346. The van der Waals surface area contributed by atoms with E-state index in [4.69, 9.17) is 16.3 Å². The third-order valence-electron chi connectivity index (χ3n) is 5.30. The van der Waals surface area contributed by atoms with Crippen molar-refractivity contribution >= 4 is 29.0 Å². The van der Waals surface area contributed by atoms with Crippen molar-refractivity contribution in [3.05, 3.63) is 94.5 Å². The number of methoxy groups -OCH3 is 1. The first kappa shape index (κ1) is 20.1. The van der Waals surface area contributed by atoms with E-state index in [0.717, 1.165) is 5.56 Å². The molecule has 6 heteroatoms. The van der Waals surface area contributed by atoms with Gasteiger partial charge in [-0.3, -0.25) is 9.59 Å². The van der Waals surface area contributed by atoms with Gasteiger partial charge in [-0.15, -0.1) is 0 Å². The number of rotatable bonds is 6. The van der Waals surface area contributed by atoms with Crippen LogP contribution >= 0.6 is 11.6 Å². The largest absolute Gasteiger partial charge is 0.497 e. The molecule has 1 atom stereocenters. The molecule has 0 saturated carbocycles. The Labute approximate surface area is 179 Å². The SMILES string of the molecule is COc1ccc(C(=O)C[C@]2(O)C(=O)N(Cc3cccc(Cl)c3)c3ccccc32)cc1. The molecule has 1 aliphatic rings. The van der Waals surface area contributed by atoms with E-state index in [-0.39, 0.29) is 18.7 Å². The second kappa shape index (κ2) is 7.94. The molecule has 0 fully saturated rings. The van der Waals surface area contributed by atoms with Crippen molar-refractivity contribution in [1.82, 2.24) is 0 Å². The number of halogens is 1. The lowest BCUT2D eigenvalue weighted by Crippen LogP contribution is -2.41. The fourth-order valence-electron chi connectivity index (χ4n) is 3.76. The van der Waals surface area contributed by atoms with Crippen LogP contribution in [0.3, 0.4) is 0 Å². The van der Waals surface area contributed by atoms with E-state index >= 15 is 0 Å². The van der Waals surface area contributed by atoms with Gasteiger partial charge in [-0.2, -0.15) is 0 Å². The zero-order valence-corrected chi connectivity index (χ0v) is 17.1. The first-order valence-electron chi connectivity index (χ1n) is 9.48. The topological polar surface area (TPSA) is 66.8 Å². The summed E-state index contributed by atoms with van der Waals surface area (Å²) in [7, 11) is 1.54. The average molecular weight is 422 g/mol. The minimum atomic E-state index is -1.92. The molecule has 0 saturated heterocycles. The van der Waals surface area contributed by atoms with E-state index in [1.165, 1.54) is 4.90 Å². The van der Waals surface area contributed by atoms with Gasteiger partial charge in [-0.05, 0) is 48.0 Å². The molecule has 3 aromatic carbocycles. The van der Waals surface area contributed by atoms with Gasteiger partial charge in [0.1, 0.15) is 5.75 Å². The summed E-state index contributed by atoms with van der Waals surface area (Å²) in [6, 6.07) is 20.8. The Bertz CT molecular complexity index is 1110. The number of para-hydroxylation sites is 1. The van der Waals surface area contributed by atoms with Gasteiger partial charge in [0, 0.05) is 16.1 Å². The number of hydrogen-bond acceptors (Lipinski definition) is 4. The Morgan fingerprint density at radius 3 is 2.50 bits per heavy atom. The summed E-state index contributed by atoms with van der Waals surface area (Å²) in [5.74, 6) is -0.223. The van der Waals surface area contributed by atoms with E-state index in [9.17, 15) is 14.7 Å². The number of Topliss-reactive ketones (excluding diaryl/α,β-unsaturated/α-hetero) is 1. The van der Waals surface area contributed by atoms with Crippen LogP contribution in [-0.2, 0) is 16.9 Å². The number of anilines is 1. The molecule has 0 unspecified atom stereocenters. The second-order valence-corrected chi connectivity index (χ2v) is 7.66. The molecule has 1 amide bonds. The van der Waals surface area contributed by atoms with Gasteiger partial charge >= 0.3 is 0 Å². The van der Waals surface area contributed by atoms with Crippen LogP contribution in [0.15, 0.2) is 72.8 Å². The van der Waals surface area contributed by atoms with E-state index in [1.54, 1.807) is 67.8 Å². The van der Waals surface area contributed by atoms with Crippen LogP contribution < -0.4 is 9.64 Å². The first-order chi connectivity index (χ1) is 14.4. The van der Waals surface area contributed by atoms with Gasteiger partial charge < -0.3 is 14.7 Å². The number of aliphatic hydroxyl groups is 1. The van der Waals surface area contributed by atoms with Crippen molar-refractivity contribution in [2.24, 2.45) is 0 Å². The van der Waals surface area contributed by atoms with Crippen LogP contribution in [0.2, 0.25) is 5.02 Å². The standard InChI is InChI=1S/C24H20ClNO4/c1-30-19-11-9-17(10-12-19)22(27)14-24(29)20-7-2-3-8-21(20)26(23(24)28)15-16-5-4-6-18(25)13-16/h2-13,29H,14-15H2,1H3/t24-/m1/s1. The highest BCUT2D eigenvalue weighted by Crippen LogP contribution is 2.43. The number of carbonyl (C=O) groups excluding carboxylic acids is 2. The minimum Gasteiger partial charge on any atom is -0.497 e. The Kier molecular flexibility index (Phi) is 5.33. The van der Waals surface area contributed by atoms with Crippen molar-refractivity contribution in [3.8, 4) is 5.75 Å². The first-order valence-corrected chi connectivity index (χ1v) is 9.86. The highest BCUT2D eigenvalue weighted by atomic mass is 35.5. The van der Waals surface area contributed by atoms with Crippen LogP contribution in [0.25, 0.3) is 0 Å². The molecular formula is C24H20ClNO4. The normalized spacial score (nSPS) is 17.7. The van der Waals surface area contributed by atoms with Crippen LogP contribution in [0.4, 0.5) is 5.69 Å². The summed E-state index contributed by atoms with van der Waals surface area (Å²) in [4.78, 5) is 27.7. The number of nitrogens with zero attached hydrogens (tertiary/aromatic N) is 1. The number of hydrogen-bond donors (Lipinski definition) is 1. The van der Waals surface area contributed by atoms with Crippen LogP contribution in [0, 0.1) is 0 Å². The van der Waals surface area contributed by atoms with Crippen molar-refractivity contribution in [2.75, 3.05) is 12.0 Å². The van der Waals surface area contributed by atoms with Gasteiger partial charge in [0.05, 0.1) is 25.8 Å². The van der Waals surface area contributed by atoms with Gasteiger partial charge in [-0.1, -0.05) is 41.9 Å².